The molecule has 0 fully saturated rings. The Balaban J connectivity index is 2.17. The van der Waals surface area contributed by atoms with Crippen LogP contribution in [0.3, 0.4) is 0 Å². The topological polar surface area (TPSA) is 50.4 Å². The van der Waals surface area contributed by atoms with Crippen molar-refractivity contribution in [2.75, 3.05) is 19.0 Å². The Morgan fingerprint density at radius 2 is 2.00 bits per heavy atom. The Labute approximate surface area is 147 Å². The van der Waals surface area contributed by atoms with Crippen molar-refractivity contribution in [2.45, 2.75) is 13.3 Å². The quantitative estimate of drug-likeness (QED) is 0.702. The van der Waals surface area contributed by atoms with E-state index in [-0.39, 0.29) is 12.2 Å². The van der Waals surface area contributed by atoms with E-state index in [1.165, 1.54) is 0 Å². The van der Waals surface area contributed by atoms with Gasteiger partial charge in [-0.1, -0.05) is 36.4 Å². The number of carbonyl (C=O) groups excluding carboxylic acids is 1. The van der Waals surface area contributed by atoms with E-state index in [1.54, 1.807) is 31.4 Å². The molecule has 126 valence electrons. The summed E-state index contributed by atoms with van der Waals surface area (Å²) in [7, 11) is 1.59. The van der Waals surface area contributed by atoms with Gasteiger partial charge in [-0.05, 0) is 25.1 Å². The van der Waals surface area contributed by atoms with Crippen LogP contribution in [0.5, 0.6) is 5.75 Å². The predicted octanol–water partition coefficient (Wildman–Crippen LogP) is 4.27. The van der Waals surface area contributed by atoms with E-state index >= 15 is 0 Å². The standard InChI is InChI=1S/C19H21ClN2O2/c1-4-21-13(2)22-15-10-9-14(19(12-15)24-3)11-18(23)16-7-5-6-8-17(16)20/h5-10,12,21-22H,2,4,11H2,1,3H3. The molecule has 0 radical (unpaired) electrons. The lowest BCUT2D eigenvalue weighted by Crippen LogP contribution is -2.17. The van der Waals surface area contributed by atoms with Gasteiger partial charge in [0.25, 0.3) is 0 Å². The number of benzene rings is 2. The molecule has 0 aliphatic rings. The Morgan fingerprint density at radius 3 is 2.67 bits per heavy atom. The van der Waals surface area contributed by atoms with Gasteiger partial charge in [-0.3, -0.25) is 4.79 Å². The van der Waals surface area contributed by atoms with Gasteiger partial charge in [0.15, 0.2) is 5.78 Å². The molecule has 0 saturated carbocycles. The van der Waals surface area contributed by atoms with E-state index in [0.717, 1.165) is 17.8 Å². The number of ketones is 1. The van der Waals surface area contributed by atoms with Gasteiger partial charge in [-0.2, -0.15) is 0 Å². The maximum absolute atomic E-state index is 12.5. The molecule has 4 nitrogen and oxygen atoms in total. The van der Waals surface area contributed by atoms with E-state index < -0.39 is 0 Å². The molecule has 2 aromatic carbocycles. The number of anilines is 1. The molecule has 2 rings (SSSR count). The minimum atomic E-state index is -0.0448. The van der Waals surface area contributed by atoms with Crippen molar-refractivity contribution >= 4 is 23.1 Å². The minimum Gasteiger partial charge on any atom is -0.496 e. The number of hydrogen-bond donors (Lipinski definition) is 2. The molecular weight excluding hydrogens is 324 g/mol. The SMILES string of the molecule is C=C(NCC)Nc1ccc(CC(=O)c2ccccc2Cl)c(OC)c1. The number of carbonyl (C=O) groups is 1. The maximum Gasteiger partial charge on any atom is 0.168 e. The summed E-state index contributed by atoms with van der Waals surface area (Å²) in [5.74, 6) is 1.31. The highest BCUT2D eigenvalue weighted by molar-refractivity contribution is 6.34. The second-order valence-corrected chi connectivity index (χ2v) is 5.65. The van der Waals surface area contributed by atoms with E-state index in [1.807, 2.05) is 25.1 Å². The number of nitrogens with one attached hydrogen (secondary N) is 2. The van der Waals surface area contributed by atoms with Crippen molar-refractivity contribution in [1.29, 1.82) is 0 Å². The first-order valence-electron chi connectivity index (χ1n) is 7.69. The third kappa shape index (κ3) is 4.52. The second kappa shape index (κ2) is 8.41. The Kier molecular flexibility index (Phi) is 6.27. The molecule has 24 heavy (non-hydrogen) atoms. The molecule has 5 heteroatoms. The van der Waals surface area contributed by atoms with Crippen molar-refractivity contribution in [3.8, 4) is 5.75 Å². The molecule has 0 bridgehead atoms. The van der Waals surface area contributed by atoms with Gasteiger partial charge in [0.2, 0.25) is 0 Å². The fraction of sp³-hybridized carbons (Fsp3) is 0.211. The van der Waals surface area contributed by atoms with E-state index in [4.69, 9.17) is 16.3 Å². The Morgan fingerprint density at radius 1 is 1.25 bits per heavy atom. The molecule has 0 amide bonds. The van der Waals surface area contributed by atoms with Crippen LogP contribution in [-0.2, 0) is 6.42 Å². The van der Waals surface area contributed by atoms with Crippen molar-refractivity contribution in [3.05, 3.63) is 71.0 Å². The molecule has 2 aromatic rings. The summed E-state index contributed by atoms with van der Waals surface area (Å²) in [4.78, 5) is 12.5. The molecule has 0 heterocycles. The lowest BCUT2D eigenvalue weighted by Gasteiger charge is -2.14. The third-order valence-electron chi connectivity index (χ3n) is 3.50. The van der Waals surface area contributed by atoms with E-state index in [0.29, 0.717) is 22.2 Å². The van der Waals surface area contributed by atoms with Crippen molar-refractivity contribution < 1.29 is 9.53 Å². The zero-order valence-corrected chi connectivity index (χ0v) is 14.6. The average molecular weight is 345 g/mol. The van der Waals surface area contributed by atoms with Crippen molar-refractivity contribution in [2.24, 2.45) is 0 Å². The molecule has 0 atom stereocenters. The van der Waals surface area contributed by atoms with Gasteiger partial charge in [-0.25, -0.2) is 0 Å². The van der Waals surface area contributed by atoms with Gasteiger partial charge >= 0.3 is 0 Å². The van der Waals surface area contributed by atoms with Crippen molar-refractivity contribution in [3.63, 3.8) is 0 Å². The summed E-state index contributed by atoms with van der Waals surface area (Å²) >= 11 is 6.09. The lowest BCUT2D eigenvalue weighted by atomic mass is 10.0. The predicted molar refractivity (Wildman–Crippen MR) is 98.9 cm³/mol. The summed E-state index contributed by atoms with van der Waals surface area (Å²) in [6, 6.07) is 12.7. The number of halogens is 1. The van der Waals surface area contributed by atoms with E-state index in [2.05, 4.69) is 17.2 Å². The zero-order chi connectivity index (χ0) is 17.5. The Bertz CT molecular complexity index is 744. The summed E-state index contributed by atoms with van der Waals surface area (Å²) in [5.41, 5.74) is 2.16. The average Bonchev–Trinajstić information content (AvgIpc) is 2.56. The number of ether oxygens (including phenoxy) is 1. The minimum absolute atomic E-state index is 0.0448. The first-order valence-corrected chi connectivity index (χ1v) is 8.07. The van der Waals surface area contributed by atoms with Crippen molar-refractivity contribution in [1.82, 2.24) is 5.32 Å². The number of methoxy groups -OCH3 is 1. The largest absolute Gasteiger partial charge is 0.496 e. The molecule has 2 N–H and O–H groups in total. The van der Waals surface area contributed by atoms with Gasteiger partial charge in [0.05, 0.1) is 18.0 Å². The van der Waals surface area contributed by atoms with Gasteiger partial charge < -0.3 is 15.4 Å². The highest BCUT2D eigenvalue weighted by atomic mass is 35.5. The molecule has 0 aromatic heterocycles. The lowest BCUT2D eigenvalue weighted by molar-refractivity contribution is 0.0992. The van der Waals surface area contributed by atoms with Crippen LogP contribution in [0.4, 0.5) is 5.69 Å². The number of Topliss-reactive ketones (excluding diaryl/α,β-unsaturated/α-hetero) is 1. The molecule has 0 aliphatic heterocycles. The normalized spacial score (nSPS) is 10.1. The highest BCUT2D eigenvalue weighted by Gasteiger charge is 2.14. The summed E-state index contributed by atoms with van der Waals surface area (Å²) in [6.45, 7) is 6.67. The van der Waals surface area contributed by atoms with Gasteiger partial charge in [0, 0.05) is 35.8 Å². The number of hydrogen-bond acceptors (Lipinski definition) is 4. The molecular formula is C19H21ClN2O2. The molecule has 0 spiro atoms. The fourth-order valence-corrected chi connectivity index (χ4v) is 2.60. The molecule has 0 unspecified atom stereocenters. The Hall–Kier alpha value is -2.46. The van der Waals surface area contributed by atoms with Crippen LogP contribution in [0, 0.1) is 0 Å². The third-order valence-corrected chi connectivity index (χ3v) is 3.83. The first-order chi connectivity index (χ1) is 11.5. The van der Waals surface area contributed by atoms with E-state index in [9.17, 15) is 4.79 Å². The first kappa shape index (κ1) is 17.9. The van der Waals surface area contributed by atoms with Crippen LogP contribution < -0.4 is 15.4 Å². The summed E-state index contributed by atoms with van der Waals surface area (Å²) in [5, 5.41) is 6.70. The second-order valence-electron chi connectivity index (χ2n) is 5.24. The molecule has 0 saturated heterocycles. The monoisotopic (exact) mass is 344 g/mol. The maximum atomic E-state index is 12.5. The summed E-state index contributed by atoms with van der Waals surface area (Å²) < 4.78 is 5.42. The molecule has 0 aliphatic carbocycles. The van der Waals surface area contributed by atoms with Crippen LogP contribution >= 0.6 is 11.6 Å². The van der Waals surface area contributed by atoms with Crippen LogP contribution in [0.2, 0.25) is 5.02 Å². The summed E-state index contributed by atoms with van der Waals surface area (Å²) in [6.07, 6.45) is 0.224. The van der Waals surface area contributed by atoms with Crippen LogP contribution in [0.25, 0.3) is 0 Å². The zero-order valence-electron chi connectivity index (χ0n) is 13.9. The smallest absolute Gasteiger partial charge is 0.168 e. The van der Waals surface area contributed by atoms with Gasteiger partial charge in [0.1, 0.15) is 5.75 Å². The van der Waals surface area contributed by atoms with Crippen LogP contribution in [0.15, 0.2) is 54.9 Å². The fourth-order valence-electron chi connectivity index (χ4n) is 2.36. The highest BCUT2D eigenvalue weighted by Crippen LogP contribution is 2.26. The van der Waals surface area contributed by atoms with Crippen LogP contribution in [-0.4, -0.2) is 19.4 Å². The van der Waals surface area contributed by atoms with Crippen LogP contribution in [0.1, 0.15) is 22.8 Å². The van der Waals surface area contributed by atoms with Gasteiger partial charge in [-0.15, -0.1) is 0 Å². The number of rotatable bonds is 8.